The number of rotatable bonds is 5. The number of piperidine rings is 1. The summed E-state index contributed by atoms with van der Waals surface area (Å²) in [5.74, 6) is 0.0225. The molecule has 0 aliphatic carbocycles. The second-order valence-corrected chi connectivity index (χ2v) is 6.43. The Labute approximate surface area is 120 Å². The first-order chi connectivity index (χ1) is 9.70. The number of carbonyl (C=O) groups is 1. The molecule has 0 spiro atoms. The van der Waals surface area contributed by atoms with Gasteiger partial charge < -0.3 is 20.1 Å². The monoisotopic (exact) mass is 282 g/mol. The Balaban J connectivity index is 1.39. The van der Waals surface area contributed by atoms with Gasteiger partial charge in [-0.15, -0.1) is 0 Å². The van der Waals surface area contributed by atoms with E-state index < -0.39 is 0 Å². The Morgan fingerprint density at radius 2 is 2.10 bits per heavy atom. The van der Waals surface area contributed by atoms with Gasteiger partial charge in [0.05, 0.1) is 12.7 Å². The summed E-state index contributed by atoms with van der Waals surface area (Å²) >= 11 is 0. The molecule has 3 saturated heterocycles. The van der Waals surface area contributed by atoms with E-state index in [1.165, 1.54) is 12.8 Å². The van der Waals surface area contributed by atoms with Gasteiger partial charge in [0.25, 0.3) is 0 Å². The number of nitrogens with one attached hydrogen (secondary N) is 2. The van der Waals surface area contributed by atoms with Crippen molar-refractivity contribution in [1.82, 2.24) is 10.6 Å². The minimum Gasteiger partial charge on any atom is -0.376 e. The Morgan fingerprint density at radius 3 is 2.75 bits per heavy atom. The second-order valence-electron chi connectivity index (χ2n) is 6.43. The van der Waals surface area contributed by atoms with Crippen LogP contribution in [0.3, 0.4) is 0 Å². The molecule has 3 heterocycles. The Morgan fingerprint density at radius 1 is 1.35 bits per heavy atom. The first kappa shape index (κ1) is 14.3. The Kier molecular flexibility index (Phi) is 4.58. The van der Waals surface area contributed by atoms with Crippen LogP contribution in [-0.2, 0) is 14.3 Å². The first-order valence-corrected chi connectivity index (χ1v) is 8.00. The minimum atomic E-state index is -0.383. The summed E-state index contributed by atoms with van der Waals surface area (Å²) in [6.07, 6.45) is 6.57. The number of hydrogen-bond donors (Lipinski definition) is 2. The molecular weight excluding hydrogens is 256 g/mol. The van der Waals surface area contributed by atoms with Crippen LogP contribution >= 0.6 is 0 Å². The van der Waals surface area contributed by atoms with Gasteiger partial charge in [-0.25, -0.2) is 0 Å². The molecule has 4 unspecified atom stereocenters. The predicted molar refractivity (Wildman–Crippen MR) is 75.5 cm³/mol. The predicted octanol–water partition coefficient (Wildman–Crippen LogP) is 0.970. The van der Waals surface area contributed by atoms with Gasteiger partial charge in [-0.1, -0.05) is 0 Å². The van der Waals surface area contributed by atoms with Crippen LogP contribution in [0.4, 0.5) is 0 Å². The normalized spacial score (nSPS) is 37.9. The third kappa shape index (κ3) is 3.51. The number of amides is 1. The van der Waals surface area contributed by atoms with E-state index in [-0.39, 0.29) is 18.1 Å². The number of fused-ring (bicyclic) bond motifs is 2. The largest absolute Gasteiger partial charge is 0.376 e. The molecule has 0 radical (unpaired) electrons. The fraction of sp³-hybridized carbons (Fsp3) is 0.933. The number of ether oxygens (including phenoxy) is 2. The summed E-state index contributed by atoms with van der Waals surface area (Å²) in [5.41, 5.74) is 0. The van der Waals surface area contributed by atoms with E-state index in [9.17, 15) is 4.79 Å². The molecule has 20 heavy (non-hydrogen) atoms. The van der Waals surface area contributed by atoms with Crippen LogP contribution in [0.2, 0.25) is 0 Å². The topological polar surface area (TPSA) is 59.6 Å². The van der Waals surface area contributed by atoms with Gasteiger partial charge in [-0.3, -0.25) is 4.79 Å². The summed E-state index contributed by atoms with van der Waals surface area (Å²) in [6.45, 7) is 3.19. The van der Waals surface area contributed by atoms with Crippen LogP contribution in [0.25, 0.3) is 0 Å². The van der Waals surface area contributed by atoms with Crippen molar-refractivity contribution in [2.24, 2.45) is 0 Å². The molecule has 0 aromatic rings. The van der Waals surface area contributed by atoms with E-state index in [1.807, 2.05) is 6.92 Å². The van der Waals surface area contributed by atoms with Crippen molar-refractivity contribution in [2.45, 2.75) is 75.8 Å². The molecule has 1 amide bonds. The first-order valence-electron chi connectivity index (χ1n) is 8.00. The highest BCUT2D eigenvalue weighted by atomic mass is 16.5. The van der Waals surface area contributed by atoms with Gasteiger partial charge in [-0.05, 0) is 45.4 Å². The third-order valence-corrected chi connectivity index (χ3v) is 4.74. The van der Waals surface area contributed by atoms with Crippen LogP contribution in [0, 0.1) is 0 Å². The van der Waals surface area contributed by atoms with Crippen molar-refractivity contribution in [3.63, 3.8) is 0 Å². The maximum Gasteiger partial charge on any atom is 0.249 e. The summed E-state index contributed by atoms with van der Waals surface area (Å²) in [7, 11) is 0. The summed E-state index contributed by atoms with van der Waals surface area (Å²) < 4.78 is 11.2. The quantitative estimate of drug-likeness (QED) is 0.789. The van der Waals surface area contributed by atoms with Gasteiger partial charge >= 0.3 is 0 Å². The molecule has 3 rings (SSSR count). The van der Waals surface area contributed by atoms with Crippen LogP contribution in [0.15, 0.2) is 0 Å². The van der Waals surface area contributed by atoms with Crippen molar-refractivity contribution in [3.8, 4) is 0 Å². The smallest absolute Gasteiger partial charge is 0.249 e. The second kappa shape index (κ2) is 6.41. The average molecular weight is 282 g/mol. The lowest BCUT2D eigenvalue weighted by atomic mass is 9.99. The fourth-order valence-electron chi connectivity index (χ4n) is 3.60. The van der Waals surface area contributed by atoms with Crippen LogP contribution in [0.1, 0.15) is 45.4 Å². The van der Waals surface area contributed by atoms with E-state index in [0.717, 1.165) is 32.3 Å². The molecule has 114 valence electrons. The summed E-state index contributed by atoms with van der Waals surface area (Å²) in [6, 6.07) is 1.51. The van der Waals surface area contributed by atoms with Crippen LogP contribution in [0.5, 0.6) is 0 Å². The molecule has 4 atom stereocenters. The lowest BCUT2D eigenvalue weighted by Gasteiger charge is -2.30. The molecule has 2 bridgehead atoms. The van der Waals surface area contributed by atoms with Crippen LogP contribution < -0.4 is 10.6 Å². The lowest BCUT2D eigenvalue weighted by molar-refractivity contribution is -0.134. The van der Waals surface area contributed by atoms with Crippen molar-refractivity contribution in [1.29, 1.82) is 0 Å². The van der Waals surface area contributed by atoms with Crippen LogP contribution in [-0.4, -0.2) is 49.5 Å². The lowest BCUT2D eigenvalue weighted by Crippen LogP contribution is -2.50. The highest BCUT2D eigenvalue weighted by Crippen LogP contribution is 2.26. The molecule has 3 aliphatic rings. The van der Waals surface area contributed by atoms with Crippen molar-refractivity contribution in [2.75, 3.05) is 13.2 Å². The van der Waals surface area contributed by atoms with Crippen molar-refractivity contribution >= 4 is 5.91 Å². The standard InChI is InChI=1S/C15H26N2O3/c1-10(20-9-14-3-2-6-19-14)15(18)17-13-7-11-4-5-12(8-13)16-11/h10-14,16H,2-9H2,1H3,(H,17,18). The zero-order valence-electron chi connectivity index (χ0n) is 12.3. The molecule has 2 N–H and O–H groups in total. The maximum absolute atomic E-state index is 12.2. The SMILES string of the molecule is CC(OCC1CCCO1)C(=O)NC1CC2CCC(C1)N2. The van der Waals surface area contributed by atoms with Gasteiger partial charge in [-0.2, -0.15) is 0 Å². The van der Waals surface area contributed by atoms with E-state index >= 15 is 0 Å². The molecule has 0 saturated carbocycles. The molecule has 5 nitrogen and oxygen atoms in total. The maximum atomic E-state index is 12.2. The highest BCUT2D eigenvalue weighted by Gasteiger charge is 2.34. The Bertz CT molecular complexity index is 332. The van der Waals surface area contributed by atoms with E-state index in [0.29, 0.717) is 24.7 Å². The van der Waals surface area contributed by atoms with Crippen molar-refractivity contribution in [3.05, 3.63) is 0 Å². The highest BCUT2D eigenvalue weighted by molar-refractivity contribution is 5.80. The molecule has 3 fully saturated rings. The molecule has 0 aromatic carbocycles. The summed E-state index contributed by atoms with van der Waals surface area (Å²) in [5, 5.41) is 6.74. The van der Waals surface area contributed by atoms with E-state index in [1.54, 1.807) is 0 Å². The fourth-order valence-corrected chi connectivity index (χ4v) is 3.60. The van der Waals surface area contributed by atoms with E-state index in [4.69, 9.17) is 9.47 Å². The van der Waals surface area contributed by atoms with Crippen molar-refractivity contribution < 1.29 is 14.3 Å². The number of carbonyl (C=O) groups excluding carboxylic acids is 1. The zero-order chi connectivity index (χ0) is 13.9. The van der Waals surface area contributed by atoms with Gasteiger partial charge in [0.1, 0.15) is 6.10 Å². The zero-order valence-corrected chi connectivity index (χ0v) is 12.3. The third-order valence-electron chi connectivity index (χ3n) is 4.74. The molecule has 5 heteroatoms. The molecule has 3 aliphatic heterocycles. The van der Waals surface area contributed by atoms with Gasteiger partial charge in [0.15, 0.2) is 0 Å². The summed E-state index contributed by atoms with van der Waals surface area (Å²) in [4.78, 5) is 12.2. The molecule has 0 aromatic heterocycles. The van der Waals surface area contributed by atoms with E-state index in [2.05, 4.69) is 10.6 Å². The van der Waals surface area contributed by atoms with Gasteiger partial charge in [0, 0.05) is 24.7 Å². The number of hydrogen-bond acceptors (Lipinski definition) is 4. The molecular formula is C15H26N2O3. The average Bonchev–Trinajstić information content (AvgIpc) is 3.06. The Hall–Kier alpha value is -0.650. The minimum absolute atomic E-state index is 0.0225. The van der Waals surface area contributed by atoms with Gasteiger partial charge in [0.2, 0.25) is 5.91 Å².